The predicted octanol–water partition coefficient (Wildman–Crippen LogP) is 5.20. The fraction of sp³-hybridized carbons (Fsp3) is 0.316. The molecule has 2 aromatic rings. The van der Waals surface area contributed by atoms with E-state index >= 15 is 0 Å². The van der Waals surface area contributed by atoms with Crippen LogP contribution in [-0.2, 0) is 0 Å². The first-order valence-electron chi connectivity index (χ1n) is 7.82. The van der Waals surface area contributed by atoms with Crippen LogP contribution in [0.5, 0.6) is 11.5 Å². The summed E-state index contributed by atoms with van der Waals surface area (Å²) in [5, 5.41) is 0. The monoisotopic (exact) mass is 330 g/mol. The standard InChI is InChI=1S/C19H22O3S/c1-3-4-5-14-21-16-8-6-15(7-9-16)19(20)22-17-10-12-18(23-2)13-11-17/h6-13H,3-5,14H2,1-2H3. The summed E-state index contributed by atoms with van der Waals surface area (Å²) >= 11 is 1.65. The van der Waals surface area contributed by atoms with Gasteiger partial charge in [-0.25, -0.2) is 4.79 Å². The van der Waals surface area contributed by atoms with E-state index < -0.39 is 0 Å². The molecule has 0 aliphatic heterocycles. The maximum Gasteiger partial charge on any atom is 0.343 e. The van der Waals surface area contributed by atoms with E-state index in [1.807, 2.05) is 18.4 Å². The van der Waals surface area contributed by atoms with Gasteiger partial charge in [0.25, 0.3) is 0 Å². The molecule has 2 rings (SSSR count). The van der Waals surface area contributed by atoms with Crippen LogP contribution in [0.4, 0.5) is 0 Å². The lowest BCUT2D eigenvalue weighted by molar-refractivity contribution is 0.0734. The highest BCUT2D eigenvalue weighted by molar-refractivity contribution is 7.98. The second-order valence-corrected chi connectivity index (χ2v) is 6.02. The number of rotatable bonds is 8. The number of ether oxygens (including phenoxy) is 2. The SMILES string of the molecule is CCCCCOc1ccc(C(=O)Oc2ccc(SC)cc2)cc1. The van der Waals surface area contributed by atoms with Crippen molar-refractivity contribution >= 4 is 17.7 Å². The molecule has 3 nitrogen and oxygen atoms in total. The van der Waals surface area contributed by atoms with Crippen molar-refractivity contribution in [2.75, 3.05) is 12.9 Å². The van der Waals surface area contributed by atoms with Gasteiger partial charge in [0.05, 0.1) is 12.2 Å². The Morgan fingerprint density at radius 1 is 0.957 bits per heavy atom. The van der Waals surface area contributed by atoms with E-state index in [0.29, 0.717) is 17.9 Å². The number of unbranched alkanes of at least 4 members (excludes halogenated alkanes) is 2. The topological polar surface area (TPSA) is 35.5 Å². The summed E-state index contributed by atoms with van der Waals surface area (Å²) in [6, 6.07) is 14.5. The van der Waals surface area contributed by atoms with Gasteiger partial charge in [0, 0.05) is 4.90 Å². The predicted molar refractivity (Wildman–Crippen MR) is 94.6 cm³/mol. The summed E-state index contributed by atoms with van der Waals surface area (Å²) in [4.78, 5) is 13.2. The summed E-state index contributed by atoms with van der Waals surface area (Å²) < 4.78 is 11.0. The molecule has 4 heteroatoms. The molecular weight excluding hydrogens is 308 g/mol. The lowest BCUT2D eigenvalue weighted by atomic mass is 10.2. The van der Waals surface area contributed by atoms with Crippen molar-refractivity contribution in [2.45, 2.75) is 31.1 Å². The van der Waals surface area contributed by atoms with Gasteiger partial charge in [-0.15, -0.1) is 11.8 Å². The van der Waals surface area contributed by atoms with Crippen molar-refractivity contribution in [3.8, 4) is 11.5 Å². The first-order valence-corrected chi connectivity index (χ1v) is 9.04. The third kappa shape index (κ3) is 5.64. The number of carbonyl (C=O) groups is 1. The fourth-order valence-corrected chi connectivity index (χ4v) is 2.45. The van der Waals surface area contributed by atoms with Crippen LogP contribution in [-0.4, -0.2) is 18.8 Å². The zero-order valence-electron chi connectivity index (χ0n) is 13.6. The molecule has 0 saturated heterocycles. The Bertz CT molecular complexity index is 606. The van der Waals surface area contributed by atoms with E-state index in [1.54, 1.807) is 48.2 Å². The minimum atomic E-state index is -0.362. The summed E-state index contributed by atoms with van der Waals surface area (Å²) in [7, 11) is 0. The number of thioether (sulfide) groups is 1. The second kappa shape index (κ2) is 9.26. The van der Waals surface area contributed by atoms with Crippen molar-refractivity contribution in [3.63, 3.8) is 0 Å². The first-order chi connectivity index (χ1) is 11.2. The van der Waals surface area contributed by atoms with Gasteiger partial charge in [0.1, 0.15) is 11.5 Å². The van der Waals surface area contributed by atoms with Gasteiger partial charge in [-0.05, 0) is 61.2 Å². The van der Waals surface area contributed by atoms with Crippen molar-refractivity contribution in [1.29, 1.82) is 0 Å². The molecule has 0 aliphatic carbocycles. The van der Waals surface area contributed by atoms with E-state index in [0.717, 1.165) is 17.1 Å². The molecule has 0 bridgehead atoms. The van der Waals surface area contributed by atoms with Crippen molar-refractivity contribution in [1.82, 2.24) is 0 Å². The molecule has 0 aliphatic rings. The molecular formula is C19H22O3S. The molecule has 0 heterocycles. The largest absolute Gasteiger partial charge is 0.494 e. The lowest BCUT2D eigenvalue weighted by Gasteiger charge is -2.07. The molecule has 0 radical (unpaired) electrons. The van der Waals surface area contributed by atoms with E-state index in [9.17, 15) is 4.79 Å². The normalized spacial score (nSPS) is 10.3. The van der Waals surface area contributed by atoms with Crippen LogP contribution in [0.1, 0.15) is 36.5 Å². The molecule has 2 aromatic carbocycles. The molecule has 0 atom stereocenters. The van der Waals surface area contributed by atoms with Crippen LogP contribution in [0, 0.1) is 0 Å². The number of hydrogen-bond acceptors (Lipinski definition) is 4. The number of carbonyl (C=O) groups excluding carboxylic acids is 1. The van der Waals surface area contributed by atoms with E-state index in [1.165, 1.54) is 12.8 Å². The molecule has 0 aromatic heterocycles. The maximum absolute atomic E-state index is 12.1. The molecule has 0 N–H and O–H groups in total. The Kier molecular flexibility index (Phi) is 7.01. The van der Waals surface area contributed by atoms with Crippen molar-refractivity contribution in [2.24, 2.45) is 0 Å². The minimum Gasteiger partial charge on any atom is -0.494 e. The molecule has 0 unspecified atom stereocenters. The summed E-state index contributed by atoms with van der Waals surface area (Å²) in [5.41, 5.74) is 0.514. The zero-order chi connectivity index (χ0) is 16.5. The summed E-state index contributed by atoms with van der Waals surface area (Å²) in [6.45, 7) is 2.87. The lowest BCUT2D eigenvalue weighted by Crippen LogP contribution is -2.08. The highest BCUT2D eigenvalue weighted by Gasteiger charge is 2.08. The van der Waals surface area contributed by atoms with Gasteiger partial charge >= 0.3 is 5.97 Å². The third-order valence-corrected chi connectivity index (χ3v) is 4.12. The van der Waals surface area contributed by atoms with Crippen LogP contribution in [0.25, 0.3) is 0 Å². The average molecular weight is 330 g/mol. The van der Waals surface area contributed by atoms with E-state index in [-0.39, 0.29) is 5.97 Å². The van der Waals surface area contributed by atoms with Crippen LogP contribution in [0.2, 0.25) is 0 Å². The molecule has 0 saturated carbocycles. The number of benzene rings is 2. The van der Waals surface area contributed by atoms with E-state index in [2.05, 4.69) is 6.92 Å². The number of esters is 1. The average Bonchev–Trinajstić information content (AvgIpc) is 2.60. The third-order valence-electron chi connectivity index (χ3n) is 3.38. The Labute approximate surface area is 142 Å². The molecule has 0 amide bonds. The van der Waals surface area contributed by atoms with Crippen molar-refractivity contribution in [3.05, 3.63) is 54.1 Å². The minimum absolute atomic E-state index is 0.362. The van der Waals surface area contributed by atoms with Crippen LogP contribution in [0.15, 0.2) is 53.4 Å². The molecule has 0 fully saturated rings. The van der Waals surface area contributed by atoms with Gasteiger partial charge in [-0.3, -0.25) is 0 Å². The maximum atomic E-state index is 12.1. The van der Waals surface area contributed by atoms with Gasteiger partial charge in [-0.2, -0.15) is 0 Å². The summed E-state index contributed by atoms with van der Waals surface area (Å²) in [5.74, 6) is 0.967. The molecule has 23 heavy (non-hydrogen) atoms. The Morgan fingerprint density at radius 2 is 1.61 bits per heavy atom. The van der Waals surface area contributed by atoms with Crippen LogP contribution < -0.4 is 9.47 Å². The van der Waals surface area contributed by atoms with Crippen molar-refractivity contribution < 1.29 is 14.3 Å². The Hall–Kier alpha value is -1.94. The molecule has 0 spiro atoms. The highest BCUT2D eigenvalue weighted by Crippen LogP contribution is 2.20. The van der Waals surface area contributed by atoms with E-state index in [4.69, 9.17) is 9.47 Å². The van der Waals surface area contributed by atoms with Gasteiger partial charge in [-0.1, -0.05) is 19.8 Å². The number of hydrogen-bond donors (Lipinski definition) is 0. The van der Waals surface area contributed by atoms with Gasteiger partial charge in [0.2, 0.25) is 0 Å². The van der Waals surface area contributed by atoms with Crippen LogP contribution >= 0.6 is 11.8 Å². The molecule has 122 valence electrons. The zero-order valence-corrected chi connectivity index (χ0v) is 14.4. The second-order valence-electron chi connectivity index (χ2n) is 5.14. The fourth-order valence-electron chi connectivity index (χ4n) is 2.04. The first kappa shape index (κ1) is 17.4. The van der Waals surface area contributed by atoms with Gasteiger partial charge < -0.3 is 9.47 Å². The smallest absolute Gasteiger partial charge is 0.343 e. The van der Waals surface area contributed by atoms with Gasteiger partial charge in [0.15, 0.2) is 0 Å². The summed E-state index contributed by atoms with van der Waals surface area (Å²) in [6.07, 6.45) is 5.39. The Morgan fingerprint density at radius 3 is 2.22 bits per heavy atom. The quantitative estimate of drug-likeness (QED) is 0.288. The Balaban J connectivity index is 1.88. The van der Waals surface area contributed by atoms with Crippen LogP contribution in [0.3, 0.4) is 0 Å². The highest BCUT2D eigenvalue weighted by atomic mass is 32.2.